The summed E-state index contributed by atoms with van der Waals surface area (Å²) in [5.74, 6) is -1.75. The second kappa shape index (κ2) is 14.2. The highest BCUT2D eigenvalue weighted by Gasteiger charge is 2.30. The van der Waals surface area contributed by atoms with Gasteiger partial charge in [0.25, 0.3) is 0 Å². The summed E-state index contributed by atoms with van der Waals surface area (Å²) in [6, 6.07) is 17.8. The van der Waals surface area contributed by atoms with Gasteiger partial charge in [-0.3, -0.25) is 14.4 Å². The fourth-order valence-electron chi connectivity index (χ4n) is 3.67. The van der Waals surface area contributed by atoms with Gasteiger partial charge in [0.1, 0.15) is 11.9 Å². The molecule has 9 nitrogen and oxygen atoms in total. The maximum atomic E-state index is 13.1. The molecule has 0 saturated carbocycles. The smallest absolute Gasteiger partial charge is 0.309 e. The van der Waals surface area contributed by atoms with E-state index in [4.69, 9.17) is 35.3 Å². The van der Waals surface area contributed by atoms with Crippen molar-refractivity contribution >= 4 is 29.3 Å². The Kier molecular flexibility index (Phi) is 10.7. The number of esters is 2. The van der Waals surface area contributed by atoms with E-state index in [1.54, 1.807) is 38.1 Å². The van der Waals surface area contributed by atoms with Crippen molar-refractivity contribution in [1.29, 1.82) is 0 Å². The molecule has 206 valence electrons. The fourth-order valence-corrected chi connectivity index (χ4v) is 3.85. The van der Waals surface area contributed by atoms with Crippen LogP contribution in [0.2, 0.25) is 5.02 Å². The Labute approximate surface area is 232 Å². The second-order valence-electron chi connectivity index (χ2n) is 8.64. The van der Waals surface area contributed by atoms with Crippen molar-refractivity contribution in [3.63, 3.8) is 0 Å². The summed E-state index contributed by atoms with van der Waals surface area (Å²) < 4.78 is 27.4. The Morgan fingerprint density at radius 3 is 2.31 bits per heavy atom. The maximum Gasteiger partial charge on any atom is 0.309 e. The largest absolute Gasteiger partial charge is 0.493 e. The van der Waals surface area contributed by atoms with E-state index in [0.29, 0.717) is 10.8 Å². The molecule has 0 unspecified atom stereocenters. The predicted molar refractivity (Wildman–Crippen MR) is 143 cm³/mol. The maximum absolute atomic E-state index is 13.1. The van der Waals surface area contributed by atoms with Gasteiger partial charge in [0.05, 0.1) is 18.1 Å². The lowest BCUT2D eigenvalue weighted by atomic mass is 10.0. The number of halogens is 1. The number of benzene rings is 2. The second-order valence-corrected chi connectivity index (χ2v) is 9.05. The average molecular weight is 556 g/mol. The quantitative estimate of drug-likeness (QED) is 0.151. The number of hydrogen-bond acceptors (Lipinski definition) is 9. The Morgan fingerprint density at radius 1 is 0.949 bits per heavy atom. The van der Waals surface area contributed by atoms with Crippen molar-refractivity contribution in [2.24, 2.45) is 5.92 Å². The highest BCUT2D eigenvalue weighted by molar-refractivity contribution is 6.32. The molecule has 0 aliphatic rings. The van der Waals surface area contributed by atoms with Crippen LogP contribution in [-0.4, -0.2) is 42.7 Å². The summed E-state index contributed by atoms with van der Waals surface area (Å²) in [7, 11) is 1.40. The fraction of sp³-hybridized carbons (Fsp3) is 0.310. The topological polar surface area (TPSA) is 110 Å². The predicted octanol–water partition coefficient (Wildman–Crippen LogP) is 5.60. The van der Waals surface area contributed by atoms with Crippen molar-refractivity contribution < 1.29 is 38.1 Å². The molecule has 39 heavy (non-hydrogen) atoms. The number of nitrogens with zero attached hydrogens (tertiary/aromatic N) is 1. The first kappa shape index (κ1) is 29.4. The third-order valence-corrected chi connectivity index (χ3v) is 5.97. The number of pyridine rings is 1. The molecule has 0 N–H and O–H groups in total. The normalized spacial score (nSPS) is 12.9. The molecule has 1 aromatic heterocycles. The van der Waals surface area contributed by atoms with Crippen molar-refractivity contribution in [2.75, 3.05) is 13.9 Å². The molecule has 3 rings (SSSR count). The first-order valence-corrected chi connectivity index (χ1v) is 12.6. The first-order valence-electron chi connectivity index (χ1n) is 12.2. The van der Waals surface area contributed by atoms with Crippen LogP contribution in [0.15, 0.2) is 66.9 Å². The Hall–Kier alpha value is -4.11. The molecule has 0 amide bonds. The number of para-hydroxylation sites is 1. The molecule has 10 heteroatoms. The Morgan fingerprint density at radius 2 is 1.64 bits per heavy atom. The number of hydrogen-bond donors (Lipinski definition) is 0. The SMILES string of the molecule is COc1ccnc(C(=O)C[C@@H](C)C(=O)O[C@@H](C)[C@H](Oc2ccccc2Cl)c2ccccc2)c1OCOC(C)=O. The van der Waals surface area contributed by atoms with Gasteiger partial charge in [0.15, 0.2) is 29.1 Å². The minimum Gasteiger partial charge on any atom is -0.493 e. The summed E-state index contributed by atoms with van der Waals surface area (Å²) >= 11 is 6.29. The summed E-state index contributed by atoms with van der Waals surface area (Å²) in [5.41, 5.74) is 0.731. The molecule has 3 aromatic rings. The molecule has 1 heterocycles. The van der Waals surface area contributed by atoms with Crippen molar-refractivity contribution in [3.8, 4) is 17.2 Å². The van der Waals surface area contributed by atoms with Crippen LogP contribution in [0.4, 0.5) is 0 Å². The molecular weight excluding hydrogens is 526 g/mol. The van der Waals surface area contributed by atoms with E-state index in [2.05, 4.69) is 4.98 Å². The van der Waals surface area contributed by atoms with Crippen LogP contribution in [0.25, 0.3) is 0 Å². The lowest BCUT2D eigenvalue weighted by Gasteiger charge is -2.27. The lowest BCUT2D eigenvalue weighted by Crippen LogP contribution is -2.30. The van der Waals surface area contributed by atoms with E-state index in [-0.39, 0.29) is 23.6 Å². The van der Waals surface area contributed by atoms with E-state index in [1.807, 2.05) is 30.3 Å². The van der Waals surface area contributed by atoms with Crippen molar-refractivity contribution in [1.82, 2.24) is 4.98 Å². The van der Waals surface area contributed by atoms with E-state index in [9.17, 15) is 14.4 Å². The van der Waals surface area contributed by atoms with Crippen LogP contribution in [0.3, 0.4) is 0 Å². The van der Waals surface area contributed by atoms with Gasteiger partial charge in [0.2, 0.25) is 6.79 Å². The van der Waals surface area contributed by atoms with Gasteiger partial charge in [0, 0.05) is 25.6 Å². The van der Waals surface area contributed by atoms with E-state index >= 15 is 0 Å². The molecule has 0 spiro atoms. The molecule has 2 aromatic carbocycles. The molecular formula is C29H30ClNO8. The summed E-state index contributed by atoms with van der Waals surface area (Å²) in [6.07, 6.45) is -0.200. The van der Waals surface area contributed by atoms with Gasteiger partial charge < -0.3 is 23.7 Å². The lowest BCUT2D eigenvalue weighted by molar-refractivity contribution is -0.157. The van der Waals surface area contributed by atoms with Crippen LogP contribution in [0, 0.1) is 5.92 Å². The first-order chi connectivity index (χ1) is 18.7. The summed E-state index contributed by atoms with van der Waals surface area (Å²) in [4.78, 5) is 41.3. The zero-order valence-corrected chi connectivity index (χ0v) is 22.8. The van der Waals surface area contributed by atoms with Crippen LogP contribution < -0.4 is 14.2 Å². The number of rotatable bonds is 13. The highest BCUT2D eigenvalue weighted by atomic mass is 35.5. The van der Waals surface area contributed by atoms with Gasteiger partial charge in [-0.25, -0.2) is 4.98 Å². The van der Waals surface area contributed by atoms with Gasteiger partial charge in [-0.1, -0.05) is 61.0 Å². The summed E-state index contributed by atoms with van der Waals surface area (Å²) in [5, 5.41) is 0.424. The third kappa shape index (κ3) is 8.19. The number of carbonyl (C=O) groups is 3. The average Bonchev–Trinajstić information content (AvgIpc) is 2.92. The van der Waals surface area contributed by atoms with Crippen LogP contribution >= 0.6 is 11.6 Å². The molecule has 0 aliphatic carbocycles. The Bertz CT molecular complexity index is 1280. The van der Waals surface area contributed by atoms with Crippen molar-refractivity contribution in [3.05, 3.63) is 83.1 Å². The zero-order chi connectivity index (χ0) is 28.4. The highest BCUT2D eigenvalue weighted by Crippen LogP contribution is 2.33. The monoisotopic (exact) mass is 555 g/mol. The van der Waals surface area contributed by atoms with Gasteiger partial charge in [-0.15, -0.1) is 0 Å². The molecule has 0 bridgehead atoms. The van der Waals surface area contributed by atoms with Gasteiger partial charge in [-0.05, 0) is 24.6 Å². The third-order valence-electron chi connectivity index (χ3n) is 5.66. The molecule has 0 fully saturated rings. The minimum atomic E-state index is -0.814. The minimum absolute atomic E-state index is 0.0115. The van der Waals surface area contributed by atoms with E-state index < -0.39 is 42.6 Å². The van der Waals surface area contributed by atoms with Crippen LogP contribution in [0.5, 0.6) is 17.2 Å². The number of ether oxygens (including phenoxy) is 5. The molecule has 0 saturated heterocycles. The van der Waals surface area contributed by atoms with Crippen LogP contribution in [-0.2, 0) is 19.1 Å². The molecule has 0 aliphatic heterocycles. The van der Waals surface area contributed by atoms with E-state index in [1.165, 1.54) is 26.3 Å². The number of Topliss-reactive ketones (excluding diaryl/α,β-unsaturated/α-hetero) is 1. The number of methoxy groups -OCH3 is 1. The number of carbonyl (C=O) groups excluding carboxylic acids is 3. The van der Waals surface area contributed by atoms with Crippen LogP contribution in [0.1, 0.15) is 49.3 Å². The zero-order valence-electron chi connectivity index (χ0n) is 22.1. The number of ketones is 1. The summed E-state index contributed by atoms with van der Waals surface area (Å²) in [6.45, 7) is 4.09. The van der Waals surface area contributed by atoms with Gasteiger partial charge in [-0.2, -0.15) is 0 Å². The Balaban J connectivity index is 1.72. The molecule has 3 atom stereocenters. The van der Waals surface area contributed by atoms with Crippen molar-refractivity contribution in [2.45, 2.75) is 39.4 Å². The number of aromatic nitrogens is 1. The van der Waals surface area contributed by atoms with Gasteiger partial charge >= 0.3 is 11.9 Å². The standard InChI is InChI=1S/C29H30ClNO8/c1-18(16-23(33)26-28(37-17-36-20(3)32)25(35-4)14-15-31-26)29(34)38-19(2)27(21-10-6-5-7-11-21)39-24-13-9-8-12-22(24)30/h5-15,18-19,27H,16-17H2,1-4H3/t18-,19+,27+/m1/s1. The molecule has 0 radical (unpaired) electrons. The van der Waals surface area contributed by atoms with E-state index in [0.717, 1.165) is 5.56 Å².